The van der Waals surface area contributed by atoms with Crippen molar-refractivity contribution in [1.29, 1.82) is 0 Å². The van der Waals surface area contributed by atoms with Gasteiger partial charge in [-0.1, -0.05) is 35.3 Å². The molecule has 11 heteroatoms. The van der Waals surface area contributed by atoms with Gasteiger partial charge in [0.15, 0.2) is 4.90 Å². The Bertz CT molecular complexity index is 961. The van der Waals surface area contributed by atoms with E-state index in [-0.39, 0.29) is 0 Å². The summed E-state index contributed by atoms with van der Waals surface area (Å²) in [5.74, 6) is 0.915. The topological polar surface area (TPSA) is 101 Å². The smallest absolute Gasteiger partial charge is 0.248 e. The summed E-state index contributed by atoms with van der Waals surface area (Å²) in [7, 11) is 0. The van der Waals surface area contributed by atoms with Gasteiger partial charge in [0.2, 0.25) is 11.9 Å². The Balaban J connectivity index is 1.31. The van der Waals surface area contributed by atoms with Crippen LogP contribution in [0.15, 0.2) is 47.4 Å². The van der Waals surface area contributed by atoms with Crippen molar-refractivity contribution in [3.05, 3.63) is 58.1 Å². The fraction of sp³-hybridized carbons (Fsp3) is 0.263. The molecule has 30 heavy (non-hydrogen) atoms. The molecule has 0 radical (unpaired) electrons. The Morgan fingerprint density at radius 2 is 1.80 bits per heavy atom. The van der Waals surface area contributed by atoms with Crippen LogP contribution in [0.5, 0.6) is 0 Å². The summed E-state index contributed by atoms with van der Waals surface area (Å²) in [5.41, 5.74) is 1.73. The Labute approximate surface area is 187 Å². The molecule has 1 aromatic heterocycles. The standard InChI is InChI=1S/C19H20Cl2N6O2S/c20-14-9-15(21)11-16(10-14)23-19-24-18(25-26-19)22-12-13-1-3-17(4-2-13)30(28)27-5-7-29-8-6-27/h1-4,9-11H,5-8,12H2,(H3,22,23,24,25,26). The van der Waals surface area contributed by atoms with E-state index in [1.54, 1.807) is 18.2 Å². The molecule has 3 N–H and O–H groups in total. The average Bonchev–Trinajstić information content (AvgIpc) is 3.19. The highest BCUT2D eigenvalue weighted by molar-refractivity contribution is 7.89. The number of anilines is 3. The number of benzene rings is 2. The van der Waals surface area contributed by atoms with Crippen molar-refractivity contribution < 1.29 is 9.29 Å². The van der Waals surface area contributed by atoms with Gasteiger partial charge < -0.3 is 19.9 Å². The van der Waals surface area contributed by atoms with E-state index in [1.807, 2.05) is 28.6 Å². The van der Waals surface area contributed by atoms with Crippen LogP contribution in [0, 0.1) is 0 Å². The van der Waals surface area contributed by atoms with Crippen LogP contribution in [0.25, 0.3) is 0 Å². The van der Waals surface area contributed by atoms with Crippen molar-refractivity contribution in [3.63, 3.8) is 0 Å². The van der Waals surface area contributed by atoms with Gasteiger partial charge in [0.1, 0.15) is 0 Å². The Kier molecular flexibility index (Phi) is 6.98. The van der Waals surface area contributed by atoms with Crippen LogP contribution in [-0.2, 0) is 22.6 Å². The SMILES string of the molecule is [O-][S+](c1ccc(CNc2nc(Nc3cc(Cl)cc(Cl)c3)n[nH]2)cc1)N1CCOCC1. The summed E-state index contributed by atoms with van der Waals surface area (Å²) in [6.45, 7) is 3.14. The molecule has 1 atom stereocenters. The largest absolute Gasteiger partial charge is 0.593 e. The molecule has 0 aliphatic carbocycles. The van der Waals surface area contributed by atoms with Crippen molar-refractivity contribution in [2.24, 2.45) is 0 Å². The van der Waals surface area contributed by atoms with E-state index in [9.17, 15) is 4.55 Å². The number of aromatic amines is 1. The third-order valence-corrected chi connectivity index (χ3v) is 6.34. The second-order valence-corrected chi connectivity index (χ2v) is 8.94. The van der Waals surface area contributed by atoms with Crippen LogP contribution in [0.1, 0.15) is 5.56 Å². The lowest BCUT2D eigenvalue weighted by Crippen LogP contribution is -2.40. The predicted octanol–water partition coefficient (Wildman–Crippen LogP) is 3.82. The zero-order valence-electron chi connectivity index (χ0n) is 15.9. The molecule has 0 bridgehead atoms. The minimum atomic E-state index is -1.16. The van der Waals surface area contributed by atoms with Crippen molar-refractivity contribution in [2.45, 2.75) is 11.4 Å². The molecule has 0 amide bonds. The van der Waals surface area contributed by atoms with Crippen LogP contribution in [-0.4, -0.2) is 50.3 Å². The Morgan fingerprint density at radius 3 is 2.50 bits per heavy atom. The van der Waals surface area contributed by atoms with E-state index in [0.29, 0.717) is 60.5 Å². The molecule has 2 heterocycles. The quantitative estimate of drug-likeness (QED) is 0.454. The van der Waals surface area contributed by atoms with Crippen LogP contribution in [0.4, 0.5) is 17.6 Å². The lowest BCUT2D eigenvalue weighted by molar-refractivity contribution is 0.0730. The van der Waals surface area contributed by atoms with Crippen molar-refractivity contribution >= 4 is 52.1 Å². The number of nitrogens with one attached hydrogen (secondary N) is 3. The average molecular weight is 467 g/mol. The van der Waals surface area contributed by atoms with E-state index < -0.39 is 11.4 Å². The van der Waals surface area contributed by atoms with Gasteiger partial charge in [0, 0.05) is 22.3 Å². The highest BCUT2D eigenvalue weighted by Gasteiger charge is 2.24. The summed E-state index contributed by atoms with van der Waals surface area (Å²) in [4.78, 5) is 5.13. The van der Waals surface area contributed by atoms with Gasteiger partial charge in [-0.25, -0.2) is 5.10 Å². The molecular weight excluding hydrogens is 447 g/mol. The molecule has 2 aromatic carbocycles. The van der Waals surface area contributed by atoms with Gasteiger partial charge in [-0.2, -0.15) is 4.98 Å². The molecule has 4 rings (SSSR count). The third kappa shape index (κ3) is 5.57. The number of morpholine rings is 1. The number of rotatable bonds is 7. The summed E-state index contributed by atoms with van der Waals surface area (Å²) >= 11 is 10.8. The molecule has 1 aliphatic heterocycles. The number of hydrogen-bond donors (Lipinski definition) is 3. The minimum absolute atomic E-state index is 0.395. The van der Waals surface area contributed by atoms with Crippen LogP contribution in [0.3, 0.4) is 0 Å². The number of hydrogen-bond acceptors (Lipinski definition) is 7. The van der Waals surface area contributed by atoms with E-state index in [2.05, 4.69) is 25.8 Å². The summed E-state index contributed by atoms with van der Waals surface area (Å²) in [5, 5.41) is 14.2. The molecule has 1 unspecified atom stereocenters. The summed E-state index contributed by atoms with van der Waals surface area (Å²) < 4.78 is 19.8. The first-order chi connectivity index (χ1) is 14.6. The molecule has 8 nitrogen and oxygen atoms in total. The minimum Gasteiger partial charge on any atom is -0.593 e. The zero-order chi connectivity index (χ0) is 20.9. The summed E-state index contributed by atoms with van der Waals surface area (Å²) in [6, 6.07) is 12.8. The van der Waals surface area contributed by atoms with Gasteiger partial charge in [-0.15, -0.1) is 9.40 Å². The van der Waals surface area contributed by atoms with Crippen LogP contribution < -0.4 is 10.6 Å². The first-order valence-corrected chi connectivity index (χ1v) is 11.2. The van der Waals surface area contributed by atoms with Gasteiger partial charge in [0.25, 0.3) is 0 Å². The van der Waals surface area contributed by atoms with E-state index in [0.717, 1.165) is 10.5 Å². The molecule has 3 aromatic rings. The maximum atomic E-state index is 12.6. The molecular formula is C19H20Cl2N6O2S. The number of H-pyrrole nitrogens is 1. The lowest BCUT2D eigenvalue weighted by atomic mass is 10.2. The zero-order valence-corrected chi connectivity index (χ0v) is 18.2. The van der Waals surface area contributed by atoms with Crippen molar-refractivity contribution in [1.82, 2.24) is 19.5 Å². The molecule has 1 aliphatic rings. The monoisotopic (exact) mass is 466 g/mol. The van der Waals surface area contributed by atoms with E-state index in [4.69, 9.17) is 27.9 Å². The van der Waals surface area contributed by atoms with E-state index in [1.165, 1.54) is 0 Å². The molecule has 1 saturated heterocycles. The maximum Gasteiger partial charge on any atom is 0.248 e. The van der Waals surface area contributed by atoms with Gasteiger partial charge in [0.05, 0.1) is 37.7 Å². The van der Waals surface area contributed by atoms with Gasteiger partial charge >= 0.3 is 0 Å². The Morgan fingerprint density at radius 1 is 1.10 bits per heavy atom. The molecule has 1 fully saturated rings. The first kappa shape index (κ1) is 21.2. The number of aromatic nitrogens is 3. The normalized spacial score (nSPS) is 15.7. The van der Waals surface area contributed by atoms with Gasteiger partial charge in [-0.05, 0) is 35.9 Å². The molecule has 158 valence electrons. The second-order valence-electron chi connectivity index (χ2n) is 6.58. The number of halogens is 2. The maximum absolute atomic E-state index is 12.6. The Hall–Kier alpha value is -2.01. The lowest BCUT2D eigenvalue weighted by Gasteiger charge is -2.27. The highest BCUT2D eigenvalue weighted by atomic mass is 35.5. The van der Waals surface area contributed by atoms with E-state index >= 15 is 0 Å². The fourth-order valence-electron chi connectivity index (χ4n) is 2.92. The highest BCUT2D eigenvalue weighted by Crippen LogP contribution is 2.24. The summed E-state index contributed by atoms with van der Waals surface area (Å²) in [6.07, 6.45) is 0. The van der Waals surface area contributed by atoms with Crippen molar-refractivity contribution in [2.75, 3.05) is 36.9 Å². The number of nitrogens with zero attached hydrogens (tertiary/aromatic N) is 3. The van der Waals surface area contributed by atoms with Crippen LogP contribution in [0.2, 0.25) is 10.0 Å². The van der Waals surface area contributed by atoms with Gasteiger partial charge in [-0.3, -0.25) is 0 Å². The first-order valence-electron chi connectivity index (χ1n) is 9.30. The number of ether oxygens (including phenoxy) is 1. The third-order valence-electron chi connectivity index (χ3n) is 4.39. The van der Waals surface area contributed by atoms with Crippen molar-refractivity contribution in [3.8, 4) is 0 Å². The molecule has 0 spiro atoms. The fourth-order valence-corrected chi connectivity index (χ4v) is 4.60. The molecule has 0 saturated carbocycles. The second kappa shape index (κ2) is 9.86. The van der Waals surface area contributed by atoms with Crippen LogP contribution >= 0.6 is 23.2 Å². The predicted molar refractivity (Wildman–Crippen MR) is 119 cm³/mol.